The van der Waals surface area contributed by atoms with Crippen LogP contribution in [0.2, 0.25) is 0 Å². The van der Waals surface area contributed by atoms with Gasteiger partial charge in [0, 0.05) is 14.3 Å². The van der Waals surface area contributed by atoms with Crippen LogP contribution in [0, 0.1) is 3.57 Å². The van der Waals surface area contributed by atoms with Crippen LogP contribution in [0.1, 0.15) is 25.5 Å². The second-order valence-corrected chi connectivity index (χ2v) is 7.70. The molecule has 8 heteroatoms. The first-order chi connectivity index (χ1) is 11.3. The normalized spacial score (nSPS) is 15.4. The van der Waals surface area contributed by atoms with Gasteiger partial charge in [0.2, 0.25) is 0 Å². The first kappa shape index (κ1) is 15.9. The Morgan fingerprint density at radius 2 is 2.00 bits per heavy atom. The first-order valence-corrected chi connectivity index (χ1v) is 9.15. The molecule has 0 radical (unpaired) electrons. The highest BCUT2D eigenvalue weighted by Gasteiger charge is 2.44. The minimum atomic E-state index is -3.66. The number of ether oxygens (including phenoxy) is 2. The van der Waals surface area contributed by atoms with E-state index in [1.807, 2.05) is 11.4 Å². The summed E-state index contributed by atoms with van der Waals surface area (Å²) >= 11 is 3.64. The van der Waals surface area contributed by atoms with Crippen molar-refractivity contribution in [3.05, 3.63) is 32.8 Å². The van der Waals surface area contributed by atoms with E-state index in [9.17, 15) is 8.78 Å². The zero-order chi connectivity index (χ0) is 17.1. The van der Waals surface area contributed by atoms with Gasteiger partial charge in [0.25, 0.3) is 0 Å². The molecule has 1 aliphatic heterocycles. The number of aromatic nitrogens is 2. The number of pyridine rings is 1. The standard InChI is InChI=1S/C16H11F2IN2O2S/c1-7(2)11-6-24-15(21-11)10-5-9(19)8-3-4-12-14(13(8)20-10)23-16(17,18)22-12/h3-7H,1-2H3. The maximum absolute atomic E-state index is 13.4. The third-order valence-corrected chi connectivity index (χ3v) is 5.41. The van der Waals surface area contributed by atoms with Crippen molar-refractivity contribution in [1.29, 1.82) is 0 Å². The third-order valence-electron chi connectivity index (χ3n) is 3.63. The van der Waals surface area contributed by atoms with E-state index in [1.54, 1.807) is 6.07 Å². The fourth-order valence-corrected chi connectivity index (χ4v) is 4.10. The van der Waals surface area contributed by atoms with E-state index in [0.717, 1.165) is 19.7 Å². The van der Waals surface area contributed by atoms with Crippen LogP contribution in [0.3, 0.4) is 0 Å². The van der Waals surface area contributed by atoms with Crippen molar-refractivity contribution >= 4 is 44.8 Å². The molecule has 124 valence electrons. The largest absolute Gasteiger partial charge is 0.586 e. The molecule has 4 nitrogen and oxygen atoms in total. The molecule has 0 atom stereocenters. The summed E-state index contributed by atoms with van der Waals surface area (Å²) in [6.07, 6.45) is -3.66. The van der Waals surface area contributed by atoms with Gasteiger partial charge < -0.3 is 9.47 Å². The number of halogens is 3. The lowest BCUT2D eigenvalue weighted by Gasteiger charge is -2.07. The molecule has 0 aliphatic carbocycles. The van der Waals surface area contributed by atoms with Crippen LogP contribution >= 0.6 is 33.9 Å². The van der Waals surface area contributed by atoms with Gasteiger partial charge in [-0.1, -0.05) is 13.8 Å². The van der Waals surface area contributed by atoms with Crippen molar-refractivity contribution in [2.24, 2.45) is 0 Å². The van der Waals surface area contributed by atoms with Gasteiger partial charge in [0.15, 0.2) is 11.5 Å². The van der Waals surface area contributed by atoms with Crippen LogP contribution in [-0.4, -0.2) is 16.3 Å². The lowest BCUT2D eigenvalue weighted by atomic mass is 10.1. The van der Waals surface area contributed by atoms with Crippen molar-refractivity contribution in [3.8, 4) is 22.2 Å². The van der Waals surface area contributed by atoms with Gasteiger partial charge in [-0.2, -0.15) is 0 Å². The molecule has 0 saturated heterocycles. The van der Waals surface area contributed by atoms with Crippen molar-refractivity contribution in [2.75, 3.05) is 0 Å². The van der Waals surface area contributed by atoms with Gasteiger partial charge in [-0.05, 0) is 46.7 Å². The van der Waals surface area contributed by atoms with Crippen LogP contribution < -0.4 is 9.47 Å². The Hall–Kier alpha value is -1.55. The van der Waals surface area contributed by atoms with Crippen LogP contribution in [0.5, 0.6) is 11.5 Å². The molecule has 0 saturated carbocycles. The summed E-state index contributed by atoms with van der Waals surface area (Å²) in [4.78, 5) is 9.10. The molecule has 3 aromatic rings. The highest BCUT2D eigenvalue weighted by atomic mass is 127. The average Bonchev–Trinajstić information content (AvgIpc) is 3.10. The van der Waals surface area contributed by atoms with E-state index in [0.29, 0.717) is 17.1 Å². The van der Waals surface area contributed by atoms with E-state index in [1.165, 1.54) is 17.4 Å². The van der Waals surface area contributed by atoms with Gasteiger partial charge in [0.05, 0.1) is 5.69 Å². The van der Waals surface area contributed by atoms with Crippen LogP contribution in [0.4, 0.5) is 8.78 Å². The summed E-state index contributed by atoms with van der Waals surface area (Å²) in [5.74, 6) is 0.280. The maximum Gasteiger partial charge on any atom is 0.586 e. The SMILES string of the molecule is CC(C)c1csc(-c2cc(I)c3ccc4c(c3n2)OC(F)(F)O4)n1. The molecule has 1 aliphatic rings. The number of hydrogen-bond acceptors (Lipinski definition) is 5. The number of rotatable bonds is 2. The van der Waals surface area contributed by atoms with Crippen LogP contribution in [-0.2, 0) is 0 Å². The monoisotopic (exact) mass is 460 g/mol. The van der Waals surface area contributed by atoms with Crippen LogP contribution in [0.25, 0.3) is 21.6 Å². The zero-order valence-electron chi connectivity index (χ0n) is 12.6. The van der Waals surface area contributed by atoms with Crippen molar-refractivity contribution in [1.82, 2.24) is 9.97 Å². The van der Waals surface area contributed by atoms with Gasteiger partial charge >= 0.3 is 6.29 Å². The Morgan fingerprint density at radius 1 is 1.21 bits per heavy atom. The fourth-order valence-electron chi connectivity index (χ4n) is 2.43. The summed E-state index contributed by atoms with van der Waals surface area (Å²) in [7, 11) is 0. The fraction of sp³-hybridized carbons (Fsp3) is 0.250. The van der Waals surface area contributed by atoms with Crippen molar-refractivity contribution in [2.45, 2.75) is 26.1 Å². The van der Waals surface area contributed by atoms with E-state index < -0.39 is 6.29 Å². The highest BCUT2D eigenvalue weighted by molar-refractivity contribution is 14.1. The lowest BCUT2D eigenvalue weighted by Crippen LogP contribution is -2.26. The molecular formula is C16H11F2IN2O2S. The third kappa shape index (κ3) is 2.61. The highest BCUT2D eigenvalue weighted by Crippen LogP contribution is 2.46. The topological polar surface area (TPSA) is 44.2 Å². The van der Waals surface area contributed by atoms with E-state index in [4.69, 9.17) is 0 Å². The van der Waals surface area contributed by atoms with Crippen LogP contribution in [0.15, 0.2) is 23.6 Å². The lowest BCUT2D eigenvalue weighted by molar-refractivity contribution is -0.286. The zero-order valence-corrected chi connectivity index (χ0v) is 15.6. The van der Waals surface area contributed by atoms with Crippen molar-refractivity contribution < 1.29 is 18.3 Å². The summed E-state index contributed by atoms with van der Waals surface area (Å²) in [6, 6.07) is 5.08. The minimum Gasteiger partial charge on any atom is -0.395 e. The molecule has 1 aromatic carbocycles. The maximum atomic E-state index is 13.4. The Morgan fingerprint density at radius 3 is 2.71 bits per heavy atom. The molecule has 24 heavy (non-hydrogen) atoms. The molecule has 4 rings (SSSR count). The summed E-state index contributed by atoms with van der Waals surface area (Å²) in [6.45, 7) is 4.13. The molecule has 0 spiro atoms. The summed E-state index contributed by atoms with van der Waals surface area (Å²) in [5, 5.41) is 3.48. The van der Waals surface area contributed by atoms with E-state index >= 15 is 0 Å². The summed E-state index contributed by atoms with van der Waals surface area (Å²) < 4.78 is 36.8. The van der Waals surface area contributed by atoms with Crippen molar-refractivity contribution in [3.63, 3.8) is 0 Å². The Kier molecular flexibility index (Phi) is 3.64. The Balaban J connectivity index is 1.90. The number of benzene rings is 1. The second-order valence-electron chi connectivity index (χ2n) is 5.68. The average molecular weight is 460 g/mol. The van der Waals surface area contributed by atoms with Gasteiger partial charge in [-0.3, -0.25) is 0 Å². The molecule has 0 amide bonds. The summed E-state index contributed by atoms with van der Waals surface area (Å²) in [5.41, 5.74) is 1.97. The molecule has 0 fully saturated rings. The van der Waals surface area contributed by atoms with E-state index in [-0.39, 0.29) is 11.5 Å². The predicted octanol–water partition coefficient (Wildman–Crippen LogP) is 5.41. The van der Waals surface area contributed by atoms with E-state index in [2.05, 4.69) is 55.9 Å². The van der Waals surface area contributed by atoms with Gasteiger partial charge in [-0.25, -0.2) is 9.97 Å². The molecule has 0 unspecified atom stereocenters. The molecule has 0 bridgehead atoms. The number of fused-ring (bicyclic) bond motifs is 3. The number of nitrogens with zero attached hydrogens (tertiary/aromatic N) is 2. The molecule has 0 N–H and O–H groups in total. The Labute approximate surface area is 154 Å². The van der Waals surface area contributed by atoms with Gasteiger partial charge in [-0.15, -0.1) is 20.1 Å². The molecule has 2 aromatic heterocycles. The second kappa shape index (κ2) is 5.48. The first-order valence-electron chi connectivity index (χ1n) is 7.19. The Bertz CT molecular complexity index is 959. The molecular weight excluding hydrogens is 449 g/mol. The smallest absolute Gasteiger partial charge is 0.395 e. The minimum absolute atomic E-state index is 0.00467. The number of hydrogen-bond donors (Lipinski definition) is 0. The quantitative estimate of drug-likeness (QED) is 0.480. The van der Waals surface area contributed by atoms with Gasteiger partial charge in [0.1, 0.15) is 16.2 Å². The predicted molar refractivity (Wildman–Crippen MR) is 95.9 cm³/mol. The number of thiazole rings is 1. The molecule has 3 heterocycles. The number of alkyl halides is 2.